The van der Waals surface area contributed by atoms with E-state index in [2.05, 4.69) is 0 Å². The van der Waals surface area contributed by atoms with E-state index < -0.39 is 27.0 Å². The van der Waals surface area contributed by atoms with E-state index in [4.69, 9.17) is 4.74 Å². The van der Waals surface area contributed by atoms with Crippen LogP contribution < -0.4 is 4.74 Å². The summed E-state index contributed by atoms with van der Waals surface area (Å²) in [5.74, 6) is -0.899. The van der Waals surface area contributed by atoms with Crippen molar-refractivity contribution in [3.63, 3.8) is 0 Å². The van der Waals surface area contributed by atoms with Gasteiger partial charge >= 0.3 is 5.97 Å². The summed E-state index contributed by atoms with van der Waals surface area (Å²) in [5, 5.41) is 8.66. The highest BCUT2D eigenvalue weighted by Crippen LogP contribution is 2.34. The fraction of sp³-hybridized carbons (Fsp3) is 0.174. The fourth-order valence-corrected chi connectivity index (χ4v) is 5.66. The van der Waals surface area contributed by atoms with Gasteiger partial charge in [0.2, 0.25) is 0 Å². The van der Waals surface area contributed by atoms with E-state index in [0.717, 1.165) is 11.1 Å². The molecule has 29 heavy (non-hydrogen) atoms. The van der Waals surface area contributed by atoms with Gasteiger partial charge < -0.3 is 9.84 Å². The zero-order valence-electron chi connectivity index (χ0n) is 15.6. The molecule has 5 nitrogen and oxygen atoms in total. The van der Waals surface area contributed by atoms with Crippen molar-refractivity contribution in [3.05, 3.63) is 90.0 Å². The van der Waals surface area contributed by atoms with E-state index >= 15 is 0 Å². The number of benzene rings is 3. The van der Waals surface area contributed by atoms with E-state index in [1.54, 1.807) is 12.1 Å². The minimum absolute atomic E-state index is 0.105. The number of ether oxygens (including phenoxy) is 1. The van der Waals surface area contributed by atoms with Crippen LogP contribution in [-0.4, -0.2) is 24.7 Å². The normalized spacial score (nSPS) is 18.6. The Morgan fingerprint density at radius 3 is 1.97 bits per heavy atom. The number of fused-ring (bicyclic) bond motifs is 1. The minimum atomic E-state index is -3.82. The maximum Gasteiger partial charge on any atom is 0.308 e. The summed E-state index contributed by atoms with van der Waals surface area (Å²) in [6.07, 6.45) is 0.405. The number of carbonyl (C=O) groups is 1. The first-order valence-electron chi connectivity index (χ1n) is 9.31. The number of para-hydroxylation sites is 1. The van der Waals surface area contributed by atoms with Crippen LogP contribution in [0.1, 0.15) is 11.1 Å². The fourth-order valence-electron chi connectivity index (χ4n) is 3.75. The SMILES string of the molecule is O=C(O)[C@H]1Cc2ccccc2CC1S(=O)(=O)c1ccc(Oc2ccccc2)cc1. The average Bonchev–Trinajstić information content (AvgIpc) is 2.74. The van der Waals surface area contributed by atoms with Gasteiger partial charge in [-0.05, 0) is 60.4 Å². The molecule has 1 unspecified atom stereocenters. The van der Waals surface area contributed by atoms with Gasteiger partial charge in [-0.3, -0.25) is 4.79 Å². The highest BCUT2D eigenvalue weighted by molar-refractivity contribution is 7.92. The predicted octanol–water partition coefficient (Wildman–Crippen LogP) is 4.12. The molecule has 0 spiro atoms. The monoisotopic (exact) mass is 408 g/mol. The summed E-state index contributed by atoms with van der Waals surface area (Å²) >= 11 is 0. The van der Waals surface area contributed by atoms with Crippen molar-refractivity contribution in [2.45, 2.75) is 23.0 Å². The molecule has 3 aromatic carbocycles. The van der Waals surface area contributed by atoms with Gasteiger partial charge in [0.25, 0.3) is 0 Å². The zero-order valence-corrected chi connectivity index (χ0v) is 16.4. The van der Waals surface area contributed by atoms with Crippen LogP contribution in [0.25, 0.3) is 0 Å². The van der Waals surface area contributed by atoms with Crippen molar-refractivity contribution in [2.24, 2.45) is 5.92 Å². The Morgan fingerprint density at radius 2 is 1.34 bits per heavy atom. The maximum atomic E-state index is 13.3. The van der Waals surface area contributed by atoms with Gasteiger partial charge in [0, 0.05) is 0 Å². The van der Waals surface area contributed by atoms with Crippen LogP contribution in [-0.2, 0) is 27.5 Å². The van der Waals surface area contributed by atoms with E-state index in [1.807, 2.05) is 54.6 Å². The zero-order chi connectivity index (χ0) is 20.4. The second-order valence-corrected chi connectivity index (χ2v) is 9.26. The van der Waals surface area contributed by atoms with Gasteiger partial charge in [-0.2, -0.15) is 0 Å². The molecule has 148 valence electrons. The quantitative estimate of drug-likeness (QED) is 0.687. The Bertz CT molecular complexity index is 1120. The van der Waals surface area contributed by atoms with E-state index in [9.17, 15) is 18.3 Å². The van der Waals surface area contributed by atoms with Gasteiger partial charge in [0.1, 0.15) is 11.5 Å². The predicted molar refractivity (Wildman–Crippen MR) is 109 cm³/mol. The molecule has 0 saturated carbocycles. The summed E-state index contributed by atoms with van der Waals surface area (Å²) in [7, 11) is -3.82. The molecule has 0 aromatic heterocycles. The van der Waals surface area contributed by atoms with Gasteiger partial charge in [-0.1, -0.05) is 42.5 Å². The lowest BCUT2D eigenvalue weighted by Crippen LogP contribution is -2.41. The Morgan fingerprint density at radius 1 is 0.793 bits per heavy atom. The number of sulfone groups is 1. The van der Waals surface area contributed by atoms with Crippen molar-refractivity contribution in [3.8, 4) is 11.5 Å². The second-order valence-electron chi connectivity index (χ2n) is 7.09. The molecule has 0 amide bonds. The summed E-state index contributed by atoms with van der Waals surface area (Å²) < 4.78 is 32.3. The smallest absolute Gasteiger partial charge is 0.308 e. The lowest BCUT2D eigenvalue weighted by Gasteiger charge is -2.30. The number of hydrogen-bond donors (Lipinski definition) is 1. The summed E-state index contributed by atoms with van der Waals surface area (Å²) in [6.45, 7) is 0. The summed E-state index contributed by atoms with van der Waals surface area (Å²) in [5.41, 5.74) is 1.79. The number of aliphatic carboxylic acids is 1. The highest BCUT2D eigenvalue weighted by Gasteiger charge is 2.42. The van der Waals surface area contributed by atoms with Gasteiger partial charge in [-0.25, -0.2) is 8.42 Å². The summed E-state index contributed by atoms with van der Waals surface area (Å²) in [6, 6.07) is 22.8. The Hall–Kier alpha value is -3.12. The van der Waals surface area contributed by atoms with Gasteiger partial charge in [-0.15, -0.1) is 0 Å². The Labute approximate surface area is 169 Å². The van der Waals surface area contributed by atoms with Crippen LogP contribution in [0.2, 0.25) is 0 Å². The molecule has 0 heterocycles. The first kappa shape index (κ1) is 19.2. The molecular weight excluding hydrogens is 388 g/mol. The molecule has 0 fully saturated rings. The Balaban J connectivity index is 1.62. The van der Waals surface area contributed by atoms with Crippen LogP contribution in [0.15, 0.2) is 83.8 Å². The van der Waals surface area contributed by atoms with Crippen molar-refractivity contribution < 1.29 is 23.1 Å². The van der Waals surface area contributed by atoms with Crippen molar-refractivity contribution in [1.29, 1.82) is 0 Å². The first-order valence-corrected chi connectivity index (χ1v) is 10.9. The van der Waals surface area contributed by atoms with Crippen LogP contribution in [0.4, 0.5) is 0 Å². The highest BCUT2D eigenvalue weighted by atomic mass is 32.2. The molecule has 2 atom stereocenters. The number of carboxylic acids is 1. The number of rotatable bonds is 5. The molecule has 3 aromatic rings. The molecule has 4 rings (SSSR count). The van der Waals surface area contributed by atoms with E-state index in [-0.39, 0.29) is 17.7 Å². The van der Waals surface area contributed by atoms with Crippen LogP contribution >= 0.6 is 0 Å². The molecule has 6 heteroatoms. The van der Waals surface area contributed by atoms with Crippen LogP contribution in [0, 0.1) is 5.92 Å². The lowest BCUT2D eigenvalue weighted by atomic mass is 9.83. The van der Waals surface area contributed by atoms with Crippen LogP contribution in [0.5, 0.6) is 11.5 Å². The number of carboxylic acid groups (broad SMARTS) is 1. The lowest BCUT2D eigenvalue weighted by molar-refractivity contribution is -0.141. The largest absolute Gasteiger partial charge is 0.481 e. The van der Waals surface area contributed by atoms with Gasteiger partial charge in [0.05, 0.1) is 16.1 Å². The standard InChI is InChI=1S/C23H20O5S/c24-23(25)21-14-16-6-4-5-7-17(16)15-22(21)29(26,27)20-12-10-19(11-13-20)28-18-8-2-1-3-9-18/h1-13,21-22H,14-15H2,(H,24,25)/t21-,22?/m0/s1. The third kappa shape index (κ3) is 3.89. The molecule has 1 aliphatic rings. The molecule has 0 radical (unpaired) electrons. The van der Waals surface area contributed by atoms with Crippen molar-refractivity contribution >= 4 is 15.8 Å². The molecule has 0 saturated heterocycles. The van der Waals surface area contributed by atoms with E-state index in [1.165, 1.54) is 12.1 Å². The molecule has 1 aliphatic carbocycles. The van der Waals surface area contributed by atoms with E-state index in [0.29, 0.717) is 11.5 Å². The first-order chi connectivity index (χ1) is 13.9. The van der Waals surface area contributed by atoms with Gasteiger partial charge in [0.15, 0.2) is 9.84 Å². The molecular formula is C23H20O5S. The third-order valence-corrected chi connectivity index (χ3v) is 7.50. The average molecular weight is 408 g/mol. The molecule has 0 aliphatic heterocycles. The van der Waals surface area contributed by atoms with Crippen molar-refractivity contribution in [1.82, 2.24) is 0 Å². The van der Waals surface area contributed by atoms with Crippen molar-refractivity contribution in [2.75, 3.05) is 0 Å². The molecule has 1 N–H and O–H groups in total. The second kappa shape index (κ2) is 7.72. The molecule has 0 bridgehead atoms. The number of hydrogen-bond acceptors (Lipinski definition) is 4. The topological polar surface area (TPSA) is 80.7 Å². The minimum Gasteiger partial charge on any atom is -0.481 e. The third-order valence-electron chi connectivity index (χ3n) is 5.28. The maximum absolute atomic E-state index is 13.3. The summed E-state index contributed by atoms with van der Waals surface area (Å²) in [4.78, 5) is 11.9. The Kier molecular flexibility index (Phi) is 5.11. The van der Waals surface area contributed by atoms with Crippen LogP contribution in [0.3, 0.4) is 0 Å².